The lowest BCUT2D eigenvalue weighted by Crippen LogP contribution is -2.25. The molecule has 0 aromatic rings. The summed E-state index contributed by atoms with van der Waals surface area (Å²) in [5.74, 6) is 4.73. The third-order valence-corrected chi connectivity index (χ3v) is 4.90. The third kappa shape index (κ3) is 2.21. The van der Waals surface area contributed by atoms with E-state index in [0.717, 1.165) is 36.2 Å². The number of aliphatic hydroxyl groups excluding tert-OH is 1. The molecule has 5 atom stereocenters. The van der Waals surface area contributed by atoms with Crippen LogP contribution in [0.15, 0.2) is 0 Å². The highest BCUT2D eigenvalue weighted by Gasteiger charge is 2.47. The molecule has 0 radical (unpaired) electrons. The van der Waals surface area contributed by atoms with Crippen molar-refractivity contribution in [2.24, 2.45) is 29.6 Å². The van der Waals surface area contributed by atoms with Crippen molar-refractivity contribution in [2.75, 3.05) is 19.8 Å². The largest absolute Gasteiger partial charge is 0.394 e. The second-order valence-electron chi connectivity index (χ2n) is 5.50. The molecule has 2 aliphatic carbocycles. The summed E-state index contributed by atoms with van der Waals surface area (Å²) >= 11 is 0. The van der Waals surface area contributed by atoms with Crippen LogP contribution in [0.1, 0.15) is 33.1 Å². The van der Waals surface area contributed by atoms with Crippen LogP contribution < -0.4 is 0 Å². The van der Waals surface area contributed by atoms with Gasteiger partial charge in [0.2, 0.25) is 0 Å². The first-order valence-electron chi connectivity index (χ1n) is 6.42. The van der Waals surface area contributed by atoms with Gasteiger partial charge < -0.3 is 9.84 Å². The molecule has 2 aliphatic rings. The molecule has 1 N–H and O–H groups in total. The van der Waals surface area contributed by atoms with Crippen molar-refractivity contribution >= 4 is 0 Å². The molecule has 5 unspecified atom stereocenters. The first-order valence-corrected chi connectivity index (χ1v) is 6.42. The molecule has 2 saturated carbocycles. The van der Waals surface area contributed by atoms with E-state index in [2.05, 4.69) is 13.8 Å². The molecule has 0 aliphatic heterocycles. The Kier molecular flexibility index (Phi) is 3.68. The van der Waals surface area contributed by atoms with Gasteiger partial charge in [0.25, 0.3) is 0 Å². The monoisotopic (exact) mass is 212 g/mol. The van der Waals surface area contributed by atoms with E-state index >= 15 is 0 Å². The van der Waals surface area contributed by atoms with E-state index in [1.807, 2.05) is 0 Å². The topological polar surface area (TPSA) is 29.5 Å². The zero-order chi connectivity index (χ0) is 10.8. The summed E-state index contributed by atoms with van der Waals surface area (Å²) in [4.78, 5) is 0. The van der Waals surface area contributed by atoms with Crippen LogP contribution in [0.4, 0.5) is 0 Å². The predicted molar refractivity (Wildman–Crippen MR) is 60.6 cm³/mol. The first kappa shape index (κ1) is 11.4. The zero-order valence-corrected chi connectivity index (χ0v) is 9.98. The van der Waals surface area contributed by atoms with Crippen LogP contribution in [-0.4, -0.2) is 24.9 Å². The van der Waals surface area contributed by atoms with E-state index < -0.39 is 0 Å². The maximum absolute atomic E-state index is 8.62. The van der Waals surface area contributed by atoms with Gasteiger partial charge in [-0.2, -0.15) is 0 Å². The Morgan fingerprint density at radius 3 is 2.53 bits per heavy atom. The number of aliphatic hydroxyl groups is 1. The van der Waals surface area contributed by atoms with E-state index in [1.165, 1.54) is 19.3 Å². The quantitative estimate of drug-likeness (QED) is 0.709. The minimum absolute atomic E-state index is 0.157. The zero-order valence-electron chi connectivity index (χ0n) is 9.98. The number of hydrogen-bond acceptors (Lipinski definition) is 2. The summed E-state index contributed by atoms with van der Waals surface area (Å²) in [5, 5.41) is 8.62. The Morgan fingerprint density at radius 2 is 1.93 bits per heavy atom. The van der Waals surface area contributed by atoms with Crippen LogP contribution in [0, 0.1) is 29.6 Å². The highest BCUT2D eigenvalue weighted by Crippen LogP contribution is 2.55. The molecule has 0 amide bonds. The van der Waals surface area contributed by atoms with E-state index in [1.54, 1.807) is 0 Å². The fourth-order valence-electron chi connectivity index (χ4n) is 3.83. The number of ether oxygens (including phenoxy) is 1. The molecule has 88 valence electrons. The minimum Gasteiger partial charge on any atom is -0.394 e. The van der Waals surface area contributed by atoms with Gasteiger partial charge in [0.1, 0.15) is 0 Å². The smallest absolute Gasteiger partial charge is 0.0697 e. The Balaban J connectivity index is 1.73. The minimum atomic E-state index is 0.157. The Bertz CT molecular complexity index is 203. The predicted octanol–water partition coefficient (Wildman–Crippen LogP) is 2.31. The summed E-state index contributed by atoms with van der Waals surface area (Å²) in [6.07, 6.45) is 4.10. The van der Waals surface area contributed by atoms with E-state index in [4.69, 9.17) is 9.84 Å². The van der Waals surface area contributed by atoms with Crippen molar-refractivity contribution in [3.63, 3.8) is 0 Å². The molecule has 0 aromatic carbocycles. The average Bonchev–Trinajstić information content (AvgIpc) is 2.75. The first-order chi connectivity index (χ1) is 7.24. The fourth-order valence-corrected chi connectivity index (χ4v) is 3.83. The van der Waals surface area contributed by atoms with E-state index in [-0.39, 0.29) is 6.61 Å². The summed E-state index contributed by atoms with van der Waals surface area (Å²) in [6.45, 7) is 6.36. The van der Waals surface area contributed by atoms with Crippen LogP contribution in [-0.2, 0) is 4.74 Å². The maximum Gasteiger partial charge on any atom is 0.0697 e. The summed E-state index contributed by atoms with van der Waals surface area (Å²) in [6, 6.07) is 0. The van der Waals surface area contributed by atoms with Gasteiger partial charge in [0.05, 0.1) is 13.2 Å². The Hall–Kier alpha value is -0.0800. The standard InChI is InChI=1S/C13H24O2/c1-9-10(2)13-8-12(9)7-11(13)3-5-15-6-4-14/h9-14H,3-8H2,1-2H3. The molecule has 2 heteroatoms. The SMILES string of the molecule is CC1C2CC(CCOCCO)C(C2)C1C. The lowest BCUT2D eigenvalue weighted by Gasteiger charge is -2.31. The molecule has 2 rings (SSSR count). The molecule has 2 bridgehead atoms. The molecule has 0 saturated heterocycles. The van der Waals surface area contributed by atoms with Crippen molar-refractivity contribution in [1.29, 1.82) is 0 Å². The number of fused-ring (bicyclic) bond motifs is 2. The van der Waals surface area contributed by atoms with Crippen LogP contribution in [0.5, 0.6) is 0 Å². The molecule has 0 aromatic heterocycles. The van der Waals surface area contributed by atoms with Gasteiger partial charge in [0, 0.05) is 6.61 Å². The molecule has 0 spiro atoms. The van der Waals surface area contributed by atoms with Crippen molar-refractivity contribution in [3.8, 4) is 0 Å². The Morgan fingerprint density at radius 1 is 1.13 bits per heavy atom. The number of hydrogen-bond donors (Lipinski definition) is 1. The molecular formula is C13H24O2. The van der Waals surface area contributed by atoms with Gasteiger partial charge in [-0.25, -0.2) is 0 Å². The number of rotatable bonds is 5. The second-order valence-corrected chi connectivity index (χ2v) is 5.50. The van der Waals surface area contributed by atoms with Crippen LogP contribution >= 0.6 is 0 Å². The summed E-state index contributed by atoms with van der Waals surface area (Å²) in [7, 11) is 0. The highest BCUT2D eigenvalue weighted by molar-refractivity contribution is 4.97. The molecule has 0 heterocycles. The fraction of sp³-hybridized carbons (Fsp3) is 1.00. The van der Waals surface area contributed by atoms with E-state index in [9.17, 15) is 0 Å². The third-order valence-electron chi connectivity index (χ3n) is 4.90. The molecule has 2 nitrogen and oxygen atoms in total. The van der Waals surface area contributed by atoms with Gasteiger partial charge in [-0.3, -0.25) is 0 Å². The molecule has 2 fully saturated rings. The van der Waals surface area contributed by atoms with E-state index in [0.29, 0.717) is 6.61 Å². The van der Waals surface area contributed by atoms with Gasteiger partial charge in [-0.1, -0.05) is 13.8 Å². The lowest BCUT2D eigenvalue weighted by molar-refractivity contribution is 0.0695. The van der Waals surface area contributed by atoms with Crippen molar-refractivity contribution in [3.05, 3.63) is 0 Å². The average molecular weight is 212 g/mol. The normalized spacial score (nSPS) is 43.8. The van der Waals surface area contributed by atoms with Crippen molar-refractivity contribution in [2.45, 2.75) is 33.1 Å². The maximum atomic E-state index is 8.62. The summed E-state index contributed by atoms with van der Waals surface area (Å²) in [5.41, 5.74) is 0. The highest BCUT2D eigenvalue weighted by atomic mass is 16.5. The van der Waals surface area contributed by atoms with Crippen LogP contribution in [0.2, 0.25) is 0 Å². The Labute approximate surface area is 93.0 Å². The molecular weight excluding hydrogens is 188 g/mol. The second kappa shape index (κ2) is 4.84. The summed E-state index contributed by atoms with van der Waals surface area (Å²) < 4.78 is 5.36. The lowest BCUT2D eigenvalue weighted by atomic mass is 9.75. The van der Waals surface area contributed by atoms with Crippen LogP contribution in [0.25, 0.3) is 0 Å². The van der Waals surface area contributed by atoms with Gasteiger partial charge in [-0.05, 0) is 48.9 Å². The molecule has 15 heavy (non-hydrogen) atoms. The van der Waals surface area contributed by atoms with Crippen molar-refractivity contribution < 1.29 is 9.84 Å². The van der Waals surface area contributed by atoms with Gasteiger partial charge >= 0.3 is 0 Å². The van der Waals surface area contributed by atoms with Gasteiger partial charge in [-0.15, -0.1) is 0 Å². The van der Waals surface area contributed by atoms with Crippen LogP contribution in [0.3, 0.4) is 0 Å². The van der Waals surface area contributed by atoms with Gasteiger partial charge in [0.15, 0.2) is 0 Å². The van der Waals surface area contributed by atoms with Crippen molar-refractivity contribution in [1.82, 2.24) is 0 Å².